The number of anilines is 1. The smallest absolute Gasteiger partial charge is 0.348 e. The van der Waals surface area contributed by atoms with Crippen LogP contribution in [-0.4, -0.2) is 44.3 Å². The molecule has 0 bridgehead atoms. The van der Waals surface area contributed by atoms with Crippen LogP contribution in [0, 0.1) is 0 Å². The SMILES string of the molecule is CCN(CC)S(=O)(=O)c1ccc(Cl)c(NC(=O)COC(=O)c2cc3c(s2)CCCCC3)c1. The summed E-state index contributed by atoms with van der Waals surface area (Å²) in [7, 11) is -3.70. The van der Waals surface area contributed by atoms with Gasteiger partial charge in [-0.1, -0.05) is 31.9 Å². The molecule has 0 atom stereocenters. The van der Waals surface area contributed by atoms with Crippen molar-refractivity contribution in [2.45, 2.75) is 50.8 Å². The van der Waals surface area contributed by atoms with E-state index < -0.39 is 28.5 Å². The number of amides is 1. The molecule has 3 rings (SSSR count). The lowest BCUT2D eigenvalue weighted by molar-refractivity contribution is -0.119. The monoisotopic (exact) mass is 498 g/mol. The molecule has 10 heteroatoms. The van der Waals surface area contributed by atoms with Crippen molar-refractivity contribution in [2.24, 2.45) is 0 Å². The first-order chi connectivity index (χ1) is 15.3. The number of hydrogen-bond acceptors (Lipinski definition) is 6. The van der Waals surface area contributed by atoms with Gasteiger partial charge in [0.15, 0.2) is 6.61 Å². The maximum absolute atomic E-state index is 12.7. The van der Waals surface area contributed by atoms with E-state index in [4.69, 9.17) is 16.3 Å². The van der Waals surface area contributed by atoms with Crippen molar-refractivity contribution in [3.63, 3.8) is 0 Å². The molecule has 0 radical (unpaired) electrons. The molecular formula is C22H27ClN2O5S2. The van der Waals surface area contributed by atoms with Gasteiger partial charge in [-0.15, -0.1) is 11.3 Å². The zero-order chi connectivity index (χ0) is 23.3. The predicted octanol–water partition coefficient (Wildman–Crippen LogP) is 4.50. The first-order valence-electron chi connectivity index (χ1n) is 10.6. The Hall–Kier alpha value is -1.94. The number of carbonyl (C=O) groups is 2. The number of halogens is 1. The van der Waals surface area contributed by atoms with Gasteiger partial charge in [0.2, 0.25) is 10.0 Å². The second-order valence-electron chi connectivity index (χ2n) is 7.48. The van der Waals surface area contributed by atoms with Crippen LogP contribution in [-0.2, 0) is 32.4 Å². The number of ether oxygens (including phenoxy) is 1. The van der Waals surface area contributed by atoms with Crippen LogP contribution in [0.25, 0.3) is 0 Å². The number of sulfonamides is 1. The van der Waals surface area contributed by atoms with E-state index >= 15 is 0 Å². The van der Waals surface area contributed by atoms with Crippen LogP contribution < -0.4 is 5.32 Å². The zero-order valence-electron chi connectivity index (χ0n) is 18.1. The van der Waals surface area contributed by atoms with Crippen molar-refractivity contribution < 1.29 is 22.7 Å². The van der Waals surface area contributed by atoms with Crippen LogP contribution in [0.1, 0.15) is 53.2 Å². The number of nitrogens with zero attached hydrogens (tertiary/aromatic N) is 1. The van der Waals surface area contributed by atoms with E-state index in [0.29, 0.717) is 18.0 Å². The Bertz CT molecular complexity index is 1070. The number of thiophene rings is 1. The van der Waals surface area contributed by atoms with E-state index in [1.807, 2.05) is 6.07 Å². The first-order valence-corrected chi connectivity index (χ1v) is 13.3. The van der Waals surface area contributed by atoms with Crippen LogP contribution in [0.4, 0.5) is 5.69 Å². The van der Waals surface area contributed by atoms with Gasteiger partial charge in [-0.25, -0.2) is 13.2 Å². The predicted molar refractivity (Wildman–Crippen MR) is 126 cm³/mol. The van der Waals surface area contributed by atoms with E-state index in [-0.39, 0.29) is 15.6 Å². The Balaban J connectivity index is 1.64. The summed E-state index contributed by atoms with van der Waals surface area (Å²) in [4.78, 5) is 26.5. The van der Waals surface area contributed by atoms with Crippen molar-refractivity contribution in [3.05, 3.63) is 44.6 Å². The molecule has 0 aliphatic heterocycles. The molecule has 7 nitrogen and oxygen atoms in total. The van der Waals surface area contributed by atoms with Crippen LogP contribution >= 0.6 is 22.9 Å². The molecule has 1 aromatic carbocycles. The number of carbonyl (C=O) groups excluding carboxylic acids is 2. The third-order valence-electron chi connectivity index (χ3n) is 5.34. The summed E-state index contributed by atoms with van der Waals surface area (Å²) in [5.74, 6) is -1.14. The van der Waals surface area contributed by atoms with Gasteiger partial charge in [0.05, 0.1) is 15.6 Å². The quantitative estimate of drug-likeness (QED) is 0.427. The summed E-state index contributed by atoms with van der Waals surface area (Å²) in [6, 6.07) is 5.99. The molecule has 0 fully saturated rings. The summed E-state index contributed by atoms with van der Waals surface area (Å²) >= 11 is 7.57. The summed E-state index contributed by atoms with van der Waals surface area (Å²) in [5, 5.41) is 2.72. The van der Waals surface area contributed by atoms with Crippen LogP contribution in [0.3, 0.4) is 0 Å². The molecule has 1 heterocycles. The topological polar surface area (TPSA) is 92.8 Å². The minimum Gasteiger partial charge on any atom is -0.451 e. The lowest BCUT2D eigenvalue weighted by atomic mass is 10.1. The molecule has 0 spiro atoms. The second-order valence-corrected chi connectivity index (χ2v) is 11.0. The van der Waals surface area contributed by atoms with E-state index in [0.717, 1.165) is 25.7 Å². The molecule has 32 heavy (non-hydrogen) atoms. The number of rotatable bonds is 8. The zero-order valence-corrected chi connectivity index (χ0v) is 20.5. The lowest BCUT2D eigenvalue weighted by Gasteiger charge is -2.19. The number of nitrogens with one attached hydrogen (secondary N) is 1. The fourth-order valence-corrected chi connectivity index (χ4v) is 6.43. The molecule has 0 saturated carbocycles. The number of fused-ring (bicyclic) bond motifs is 1. The van der Waals surface area contributed by atoms with Crippen molar-refractivity contribution in [3.8, 4) is 0 Å². The van der Waals surface area contributed by atoms with Crippen molar-refractivity contribution in [1.82, 2.24) is 4.31 Å². The number of benzene rings is 1. The van der Waals surface area contributed by atoms with Gasteiger partial charge >= 0.3 is 5.97 Å². The lowest BCUT2D eigenvalue weighted by Crippen LogP contribution is -2.30. The summed E-state index contributed by atoms with van der Waals surface area (Å²) in [6.45, 7) is 3.65. The highest BCUT2D eigenvalue weighted by atomic mass is 35.5. The largest absolute Gasteiger partial charge is 0.451 e. The highest BCUT2D eigenvalue weighted by molar-refractivity contribution is 7.89. The van der Waals surface area contributed by atoms with E-state index in [1.165, 1.54) is 50.7 Å². The Kier molecular flexibility index (Phi) is 8.32. The highest BCUT2D eigenvalue weighted by Gasteiger charge is 2.23. The normalized spacial score (nSPS) is 14.0. The van der Waals surface area contributed by atoms with Crippen molar-refractivity contribution >= 4 is 50.5 Å². The van der Waals surface area contributed by atoms with Crippen LogP contribution in [0.2, 0.25) is 5.02 Å². The Morgan fingerprint density at radius 2 is 1.84 bits per heavy atom. The molecule has 1 N–H and O–H groups in total. The molecule has 1 aromatic heterocycles. The molecular weight excluding hydrogens is 472 g/mol. The Morgan fingerprint density at radius 1 is 1.12 bits per heavy atom. The Labute approximate surface area is 197 Å². The minimum atomic E-state index is -3.70. The molecule has 1 aliphatic carbocycles. The van der Waals surface area contributed by atoms with Gasteiger partial charge in [0, 0.05) is 18.0 Å². The average Bonchev–Trinajstić information content (AvgIpc) is 3.04. The number of esters is 1. The van der Waals surface area contributed by atoms with E-state index in [2.05, 4.69) is 5.32 Å². The first kappa shape index (κ1) is 24.7. The number of hydrogen-bond donors (Lipinski definition) is 1. The van der Waals surface area contributed by atoms with Gasteiger partial charge in [-0.2, -0.15) is 4.31 Å². The minimum absolute atomic E-state index is 0.0259. The summed E-state index contributed by atoms with van der Waals surface area (Å²) in [6.07, 6.45) is 5.36. The highest BCUT2D eigenvalue weighted by Crippen LogP contribution is 2.30. The molecule has 1 aliphatic rings. The second kappa shape index (κ2) is 10.8. The van der Waals surface area contributed by atoms with Gasteiger partial charge in [0.25, 0.3) is 5.91 Å². The maximum atomic E-state index is 12.7. The van der Waals surface area contributed by atoms with Crippen LogP contribution in [0.15, 0.2) is 29.2 Å². The molecule has 1 amide bonds. The Morgan fingerprint density at radius 3 is 2.56 bits per heavy atom. The molecule has 0 saturated heterocycles. The fraction of sp³-hybridized carbons (Fsp3) is 0.455. The molecule has 2 aromatic rings. The number of aryl methyl sites for hydroxylation is 2. The third-order valence-corrected chi connectivity index (χ3v) is 8.93. The maximum Gasteiger partial charge on any atom is 0.348 e. The van der Waals surface area contributed by atoms with E-state index in [9.17, 15) is 18.0 Å². The van der Waals surface area contributed by atoms with Crippen molar-refractivity contribution in [2.75, 3.05) is 25.0 Å². The van der Waals surface area contributed by atoms with E-state index in [1.54, 1.807) is 13.8 Å². The fourth-order valence-electron chi connectivity index (χ4n) is 3.63. The van der Waals surface area contributed by atoms with Gasteiger partial charge in [-0.3, -0.25) is 4.79 Å². The van der Waals surface area contributed by atoms with Gasteiger partial charge in [0.1, 0.15) is 4.88 Å². The van der Waals surface area contributed by atoms with Gasteiger partial charge in [-0.05, 0) is 55.5 Å². The average molecular weight is 499 g/mol. The molecule has 0 unspecified atom stereocenters. The van der Waals surface area contributed by atoms with Crippen molar-refractivity contribution in [1.29, 1.82) is 0 Å². The standard InChI is InChI=1S/C22H27ClN2O5S2/c1-3-25(4-2)32(28,29)16-10-11-17(23)18(13-16)24-21(26)14-30-22(27)20-12-15-8-6-5-7-9-19(15)31-20/h10-13H,3-9,14H2,1-2H3,(H,24,26). The molecule has 174 valence electrons. The van der Waals surface area contributed by atoms with Gasteiger partial charge < -0.3 is 10.1 Å². The third kappa shape index (κ3) is 5.70. The summed E-state index contributed by atoms with van der Waals surface area (Å²) < 4.78 is 31.9. The van der Waals surface area contributed by atoms with Crippen LogP contribution in [0.5, 0.6) is 0 Å². The summed E-state index contributed by atoms with van der Waals surface area (Å²) in [5.41, 5.74) is 1.34.